The van der Waals surface area contributed by atoms with Gasteiger partial charge in [0.05, 0.1) is 6.61 Å². The number of nitrogens with zero attached hydrogens (tertiary/aromatic N) is 1. The van der Waals surface area contributed by atoms with E-state index in [2.05, 4.69) is 24.3 Å². The van der Waals surface area contributed by atoms with Crippen LogP contribution in [0, 0.1) is 5.92 Å². The van der Waals surface area contributed by atoms with Crippen molar-refractivity contribution in [3.63, 3.8) is 0 Å². The highest BCUT2D eigenvalue weighted by Gasteiger charge is 2.60. The maximum absolute atomic E-state index is 12.4. The zero-order valence-electron chi connectivity index (χ0n) is 11.4. The molecule has 102 valence electrons. The van der Waals surface area contributed by atoms with Gasteiger partial charge in [0.2, 0.25) is 5.91 Å². The molecule has 1 aromatic rings. The second kappa shape index (κ2) is 4.64. The Kier molecular flexibility index (Phi) is 3.09. The molecule has 19 heavy (non-hydrogen) atoms. The number of carbonyl (C=O) groups excluding carboxylic acids is 1. The summed E-state index contributed by atoms with van der Waals surface area (Å²) in [7, 11) is 1.79. The number of amides is 1. The lowest BCUT2D eigenvalue weighted by Gasteiger charge is -2.27. The van der Waals surface area contributed by atoms with Crippen molar-refractivity contribution in [2.75, 3.05) is 20.2 Å². The maximum atomic E-state index is 12.4. The number of carbonyl (C=O) groups is 1. The van der Waals surface area contributed by atoms with Gasteiger partial charge in [0.15, 0.2) is 0 Å². The number of benzene rings is 1. The number of hydrogen-bond acceptors (Lipinski definition) is 2. The first-order chi connectivity index (χ1) is 9.19. The summed E-state index contributed by atoms with van der Waals surface area (Å²) in [6.45, 7) is 0.478. The Hall–Kier alpha value is -1.35. The fourth-order valence-corrected chi connectivity index (χ4v) is 3.68. The first-order valence-electron chi connectivity index (χ1n) is 7.13. The Morgan fingerprint density at radius 2 is 2.26 bits per heavy atom. The quantitative estimate of drug-likeness (QED) is 0.898. The summed E-state index contributed by atoms with van der Waals surface area (Å²) >= 11 is 0. The Morgan fingerprint density at radius 1 is 1.47 bits per heavy atom. The van der Waals surface area contributed by atoms with Crippen LogP contribution in [0.5, 0.6) is 0 Å². The number of rotatable bonds is 3. The minimum absolute atomic E-state index is 0.0402. The molecule has 3 nitrogen and oxygen atoms in total. The highest BCUT2D eigenvalue weighted by Crippen LogP contribution is 2.60. The van der Waals surface area contributed by atoms with Crippen LogP contribution in [0.3, 0.4) is 0 Å². The number of hydrogen-bond donors (Lipinski definition) is 1. The first-order valence-corrected chi connectivity index (χ1v) is 7.13. The largest absolute Gasteiger partial charge is 0.395 e. The van der Waals surface area contributed by atoms with E-state index in [1.54, 1.807) is 11.9 Å². The molecule has 3 heteroatoms. The number of likely N-dealkylation sites (N-methyl/N-ethyl adjacent to an activating group) is 1. The molecule has 2 unspecified atom stereocenters. The van der Waals surface area contributed by atoms with Crippen molar-refractivity contribution in [1.82, 2.24) is 4.90 Å². The van der Waals surface area contributed by atoms with Gasteiger partial charge < -0.3 is 10.0 Å². The van der Waals surface area contributed by atoms with Gasteiger partial charge >= 0.3 is 0 Å². The zero-order chi connectivity index (χ0) is 13.5. The molecule has 1 spiro atoms. The molecule has 0 saturated heterocycles. The van der Waals surface area contributed by atoms with E-state index in [1.165, 1.54) is 17.5 Å². The highest BCUT2D eigenvalue weighted by molar-refractivity contribution is 5.84. The van der Waals surface area contributed by atoms with Crippen molar-refractivity contribution in [2.45, 2.75) is 31.1 Å². The molecule has 3 rings (SSSR count). The molecule has 1 fully saturated rings. The normalized spacial score (nSPS) is 28.0. The monoisotopic (exact) mass is 259 g/mol. The molecule has 1 aromatic carbocycles. The summed E-state index contributed by atoms with van der Waals surface area (Å²) in [6.07, 6.45) is 4.45. The molecule has 1 amide bonds. The van der Waals surface area contributed by atoms with Crippen molar-refractivity contribution < 1.29 is 9.90 Å². The Morgan fingerprint density at radius 3 is 3.05 bits per heavy atom. The zero-order valence-corrected chi connectivity index (χ0v) is 11.4. The van der Waals surface area contributed by atoms with Crippen molar-refractivity contribution in [3.8, 4) is 0 Å². The fraction of sp³-hybridized carbons (Fsp3) is 0.562. The Balaban J connectivity index is 1.83. The van der Waals surface area contributed by atoms with Gasteiger partial charge in [0.1, 0.15) is 0 Å². The van der Waals surface area contributed by atoms with Crippen LogP contribution < -0.4 is 0 Å². The van der Waals surface area contributed by atoms with E-state index in [4.69, 9.17) is 5.11 Å². The van der Waals surface area contributed by atoms with Crippen LogP contribution in [-0.2, 0) is 16.6 Å². The second-order valence-corrected chi connectivity index (χ2v) is 5.91. The van der Waals surface area contributed by atoms with Gasteiger partial charge in [-0.1, -0.05) is 24.3 Å². The van der Waals surface area contributed by atoms with E-state index in [0.29, 0.717) is 6.54 Å². The van der Waals surface area contributed by atoms with Crippen molar-refractivity contribution in [3.05, 3.63) is 35.4 Å². The molecule has 2 atom stereocenters. The van der Waals surface area contributed by atoms with E-state index in [9.17, 15) is 4.79 Å². The number of fused-ring (bicyclic) bond motifs is 2. The van der Waals surface area contributed by atoms with Gasteiger partial charge in [0.25, 0.3) is 0 Å². The van der Waals surface area contributed by atoms with E-state index in [0.717, 1.165) is 19.3 Å². The van der Waals surface area contributed by atoms with Crippen LogP contribution in [0.1, 0.15) is 30.4 Å². The fourth-order valence-electron chi connectivity index (χ4n) is 3.68. The Labute approximate surface area is 114 Å². The standard InChI is InChI=1S/C16H21NO2/c1-17(9-10-18)15(19)14-11-16(14)8-4-6-12-5-2-3-7-13(12)16/h2-3,5,7,14,18H,4,6,8-11H2,1H3. The SMILES string of the molecule is CN(CCO)C(=O)C1CC12CCCc1ccccc12. The van der Waals surface area contributed by atoms with Crippen molar-refractivity contribution in [2.24, 2.45) is 5.92 Å². The minimum atomic E-state index is 0.0402. The summed E-state index contributed by atoms with van der Waals surface area (Å²) in [6, 6.07) is 8.58. The summed E-state index contributed by atoms with van der Waals surface area (Å²) in [5.41, 5.74) is 2.93. The molecule has 0 aromatic heterocycles. The van der Waals surface area contributed by atoms with Crippen LogP contribution in [0.15, 0.2) is 24.3 Å². The van der Waals surface area contributed by atoms with Crippen molar-refractivity contribution >= 4 is 5.91 Å². The molecule has 2 aliphatic carbocycles. The van der Waals surface area contributed by atoms with Gasteiger partial charge in [-0.15, -0.1) is 0 Å². The highest BCUT2D eigenvalue weighted by atomic mass is 16.3. The summed E-state index contributed by atoms with van der Waals surface area (Å²) in [5, 5.41) is 8.95. The minimum Gasteiger partial charge on any atom is -0.395 e. The third-order valence-electron chi connectivity index (χ3n) is 4.81. The topological polar surface area (TPSA) is 40.5 Å². The van der Waals surface area contributed by atoms with Crippen LogP contribution in [0.25, 0.3) is 0 Å². The lowest BCUT2D eigenvalue weighted by molar-refractivity contribution is -0.132. The second-order valence-electron chi connectivity index (χ2n) is 5.91. The number of aryl methyl sites for hydroxylation is 1. The van der Waals surface area contributed by atoms with Gasteiger partial charge in [0, 0.05) is 24.9 Å². The van der Waals surface area contributed by atoms with E-state index in [-0.39, 0.29) is 23.8 Å². The summed E-state index contributed by atoms with van der Waals surface area (Å²) < 4.78 is 0. The van der Waals surface area contributed by atoms with E-state index in [1.807, 2.05) is 0 Å². The van der Waals surface area contributed by atoms with Crippen LogP contribution >= 0.6 is 0 Å². The number of aliphatic hydroxyl groups excluding tert-OH is 1. The predicted molar refractivity (Wildman–Crippen MR) is 73.9 cm³/mol. The third-order valence-corrected chi connectivity index (χ3v) is 4.81. The molecule has 2 aliphatic rings. The molecule has 0 heterocycles. The number of aliphatic hydroxyl groups is 1. The van der Waals surface area contributed by atoms with Gasteiger partial charge in [-0.25, -0.2) is 0 Å². The predicted octanol–water partition coefficient (Wildman–Crippen LogP) is 1.73. The molecule has 0 aliphatic heterocycles. The molecule has 1 N–H and O–H groups in total. The van der Waals surface area contributed by atoms with Crippen LogP contribution in [0.4, 0.5) is 0 Å². The first kappa shape index (κ1) is 12.7. The molecular formula is C16H21NO2. The lowest BCUT2D eigenvalue weighted by atomic mass is 9.78. The third kappa shape index (κ3) is 1.96. The van der Waals surface area contributed by atoms with E-state index < -0.39 is 0 Å². The maximum Gasteiger partial charge on any atom is 0.226 e. The summed E-state index contributed by atoms with van der Waals surface area (Å²) in [4.78, 5) is 14.1. The van der Waals surface area contributed by atoms with Gasteiger partial charge in [-0.05, 0) is 36.8 Å². The lowest BCUT2D eigenvalue weighted by Crippen LogP contribution is -2.33. The molecule has 1 saturated carbocycles. The van der Waals surface area contributed by atoms with Gasteiger partial charge in [-0.3, -0.25) is 4.79 Å². The molecule has 0 radical (unpaired) electrons. The van der Waals surface area contributed by atoms with Crippen LogP contribution in [-0.4, -0.2) is 36.1 Å². The van der Waals surface area contributed by atoms with Crippen molar-refractivity contribution in [1.29, 1.82) is 0 Å². The smallest absolute Gasteiger partial charge is 0.226 e. The van der Waals surface area contributed by atoms with Crippen LogP contribution in [0.2, 0.25) is 0 Å². The molecular weight excluding hydrogens is 238 g/mol. The summed E-state index contributed by atoms with van der Waals surface area (Å²) in [5.74, 6) is 0.330. The average molecular weight is 259 g/mol. The Bertz CT molecular complexity index is 499. The van der Waals surface area contributed by atoms with Gasteiger partial charge in [-0.2, -0.15) is 0 Å². The average Bonchev–Trinajstić information content (AvgIpc) is 3.14. The van der Waals surface area contributed by atoms with E-state index >= 15 is 0 Å². The molecule has 0 bridgehead atoms.